The first-order chi connectivity index (χ1) is 11.2. The highest BCUT2D eigenvalue weighted by Gasteiger charge is 2.57. The fourth-order valence-corrected chi connectivity index (χ4v) is 3.77. The molecule has 5 nitrogen and oxygen atoms in total. The minimum absolute atomic E-state index is 0.0779. The molecule has 0 radical (unpaired) electrons. The summed E-state index contributed by atoms with van der Waals surface area (Å²) in [4.78, 5) is 31.5. The third-order valence-corrected chi connectivity index (χ3v) is 4.86. The highest BCUT2D eigenvalue weighted by molar-refractivity contribution is 5.86. The highest BCUT2D eigenvalue weighted by Crippen LogP contribution is 2.45. The Kier molecular flexibility index (Phi) is 4.05. The van der Waals surface area contributed by atoms with Gasteiger partial charge in [-0.1, -0.05) is 6.07 Å². The fourth-order valence-electron chi connectivity index (χ4n) is 3.77. The molecule has 0 N–H and O–H groups in total. The summed E-state index contributed by atoms with van der Waals surface area (Å²) in [5.41, 5.74) is 0.421. The lowest BCUT2D eigenvalue weighted by Gasteiger charge is -2.42. The molecule has 1 atom stereocenters. The predicted octanol–water partition coefficient (Wildman–Crippen LogP) is 2.00. The summed E-state index contributed by atoms with van der Waals surface area (Å²) < 4.78 is 28.2. The van der Waals surface area contributed by atoms with Gasteiger partial charge < -0.3 is 9.80 Å². The van der Waals surface area contributed by atoms with E-state index < -0.39 is 30.2 Å². The Morgan fingerprint density at radius 1 is 1.33 bits per heavy atom. The molecule has 0 saturated carbocycles. The normalized spacial score (nSPS) is 26.2. The molecule has 3 rings (SSSR count). The molecule has 1 spiro atoms. The minimum atomic E-state index is -3.03. The Hall–Kier alpha value is -2.05. The van der Waals surface area contributed by atoms with E-state index in [2.05, 4.69) is 4.98 Å². The summed E-state index contributed by atoms with van der Waals surface area (Å²) in [6.07, 6.45) is -0.141. The molecule has 0 aromatic carbocycles. The van der Waals surface area contributed by atoms with Gasteiger partial charge in [0.25, 0.3) is 5.92 Å². The average molecular weight is 337 g/mol. The van der Waals surface area contributed by atoms with E-state index in [9.17, 15) is 18.4 Å². The second-order valence-electron chi connectivity index (χ2n) is 6.94. The third kappa shape index (κ3) is 3.12. The Labute approximate surface area is 139 Å². The van der Waals surface area contributed by atoms with Crippen molar-refractivity contribution in [2.45, 2.75) is 39.2 Å². The van der Waals surface area contributed by atoms with E-state index in [0.717, 1.165) is 16.3 Å². The summed E-state index contributed by atoms with van der Waals surface area (Å²) in [5.74, 6) is -3.74. The van der Waals surface area contributed by atoms with E-state index in [1.807, 2.05) is 25.1 Å². The van der Waals surface area contributed by atoms with Crippen molar-refractivity contribution in [2.24, 2.45) is 5.41 Å². The van der Waals surface area contributed by atoms with Crippen molar-refractivity contribution >= 4 is 11.8 Å². The van der Waals surface area contributed by atoms with Gasteiger partial charge in [0.15, 0.2) is 0 Å². The summed E-state index contributed by atoms with van der Waals surface area (Å²) in [6.45, 7) is 3.33. The Balaban J connectivity index is 1.80. The zero-order valence-electron chi connectivity index (χ0n) is 13.9. The lowest BCUT2D eigenvalue weighted by molar-refractivity contribution is -0.162. The molecule has 24 heavy (non-hydrogen) atoms. The number of likely N-dealkylation sites (tertiary alicyclic amines) is 2. The quantitative estimate of drug-likeness (QED) is 0.829. The Bertz CT molecular complexity index is 680. The van der Waals surface area contributed by atoms with Crippen LogP contribution in [0.3, 0.4) is 0 Å². The molecule has 2 aliphatic heterocycles. The number of halogens is 2. The van der Waals surface area contributed by atoms with E-state index in [0.29, 0.717) is 19.5 Å². The van der Waals surface area contributed by atoms with Crippen LogP contribution in [-0.2, 0) is 16.1 Å². The van der Waals surface area contributed by atoms with Crippen molar-refractivity contribution in [3.8, 4) is 0 Å². The first-order valence-corrected chi connectivity index (χ1v) is 8.06. The van der Waals surface area contributed by atoms with E-state index in [-0.39, 0.29) is 12.5 Å². The molecule has 1 aromatic heterocycles. The van der Waals surface area contributed by atoms with Gasteiger partial charge in [0.05, 0.1) is 24.2 Å². The number of piperidine rings is 1. The van der Waals surface area contributed by atoms with Crippen molar-refractivity contribution in [3.05, 3.63) is 29.6 Å². The van der Waals surface area contributed by atoms with Crippen LogP contribution in [0.15, 0.2) is 18.2 Å². The molecule has 1 aromatic rings. The van der Waals surface area contributed by atoms with E-state index in [1.165, 1.54) is 6.92 Å². The number of carbonyl (C=O) groups is 2. The number of alkyl halides is 2. The van der Waals surface area contributed by atoms with Crippen LogP contribution in [0.4, 0.5) is 8.78 Å². The maximum atomic E-state index is 14.1. The zero-order chi connectivity index (χ0) is 17.5. The molecular weight excluding hydrogens is 316 g/mol. The largest absolute Gasteiger partial charge is 0.336 e. The van der Waals surface area contributed by atoms with Gasteiger partial charge in [-0.15, -0.1) is 0 Å². The number of hydrogen-bond donors (Lipinski definition) is 0. The lowest BCUT2D eigenvalue weighted by atomic mass is 9.77. The molecule has 130 valence electrons. The van der Waals surface area contributed by atoms with E-state index in [1.54, 1.807) is 4.90 Å². The number of pyridine rings is 1. The first kappa shape index (κ1) is 16.8. The highest BCUT2D eigenvalue weighted by atomic mass is 19.3. The van der Waals surface area contributed by atoms with Crippen molar-refractivity contribution in [1.82, 2.24) is 14.8 Å². The molecular formula is C17H21F2N3O2. The van der Waals surface area contributed by atoms with E-state index in [4.69, 9.17) is 0 Å². The minimum Gasteiger partial charge on any atom is -0.336 e. The molecule has 3 heterocycles. The van der Waals surface area contributed by atoms with Gasteiger partial charge in [-0.3, -0.25) is 14.6 Å². The molecule has 0 bridgehead atoms. The number of rotatable bonds is 2. The second-order valence-corrected chi connectivity index (χ2v) is 6.94. The van der Waals surface area contributed by atoms with Crippen molar-refractivity contribution in [2.75, 3.05) is 19.6 Å². The number of amides is 2. The summed E-state index contributed by atoms with van der Waals surface area (Å²) >= 11 is 0. The summed E-state index contributed by atoms with van der Waals surface area (Å²) in [7, 11) is 0. The van der Waals surface area contributed by atoms with Crippen LogP contribution < -0.4 is 0 Å². The Morgan fingerprint density at radius 2 is 2.08 bits per heavy atom. The summed E-state index contributed by atoms with van der Waals surface area (Å²) in [6, 6.07) is 5.55. The molecule has 2 saturated heterocycles. The number of aromatic nitrogens is 1. The van der Waals surface area contributed by atoms with Crippen LogP contribution in [0.25, 0.3) is 0 Å². The van der Waals surface area contributed by atoms with Gasteiger partial charge in [-0.05, 0) is 25.5 Å². The summed E-state index contributed by atoms with van der Waals surface area (Å²) in [5, 5.41) is 0. The van der Waals surface area contributed by atoms with Crippen LogP contribution in [-0.4, -0.2) is 52.2 Å². The molecule has 2 aliphatic rings. The predicted molar refractivity (Wildman–Crippen MR) is 83.3 cm³/mol. The third-order valence-electron chi connectivity index (χ3n) is 4.86. The van der Waals surface area contributed by atoms with Gasteiger partial charge in [-0.2, -0.15) is 0 Å². The molecule has 2 amide bonds. The van der Waals surface area contributed by atoms with Crippen molar-refractivity contribution < 1.29 is 18.4 Å². The first-order valence-electron chi connectivity index (χ1n) is 8.06. The molecule has 2 fully saturated rings. The second kappa shape index (κ2) is 5.79. The molecule has 0 unspecified atom stereocenters. The van der Waals surface area contributed by atoms with Crippen molar-refractivity contribution in [1.29, 1.82) is 0 Å². The number of carbonyl (C=O) groups excluding carboxylic acids is 2. The number of nitrogens with zero attached hydrogens (tertiary/aromatic N) is 3. The fraction of sp³-hybridized carbons (Fsp3) is 0.588. The van der Waals surface area contributed by atoms with Gasteiger partial charge in [0.1, 0.15) is 0 Å². The van der Waals surface area contributed by atoms with Gasteiger partial charge in [0, 0.05) is 32.1 Å². The van der Waals surface area contributed by atoms with Crippen LogP contribution in [0.1, 0.15) is 31.2 Å². The Morgan fingerprint density at radius 3 is 2.75 bits per heavy atom. The lowest BCUT2D eigenvalue weighted by Crippen LogP contribution is -2.56. The van der Waals surface area contributed by atoms with Gasteiger partial charge >= 0.3 is 0 Å². The van der Waals surface area contributed by atoms with Crippen LogP contribution in [0.5, 0.6) is 0 Å². The topological polar surface area (TPSA) is 53.5 Å². The van der Waals surface area contributed by atoms with Gasteiger partial charge in [-0.25, -0.2) is 8.78 Å². The average Bonchev–Trinajstić information content (AvgIpc) is 2.75. The van der Waals surface area contributed by atoms with Gasteiger partial charge in [0.2, 0.25) is 11.8 Å². The monoisotopic (exact) mass is 337 g/mol. The standard InChI is InChI=1S/C17H21F2N3O2/c1-12-4-3-5-14(20-12)8-21-7-6-16(15(21)24)9-17(18,19)11-22(10-16)13(2)23/h3-5H,6-11H2,1-2H3/t16-/m0/s1. The molecule has 0 aliphatic carbocycles. The number of hydrogen-bond acceptors (Lipinski definition) is 3. The zero-order valence-corrected chi connectivity index (χ0v) is 13.9. The van der Waals surface area contributed by atoms with Crippen molar-refractivity contribution in [3.63, 3.8) is 0 Å². The van der Waals surface area contributed by atoms with Crippen LogP contribution in [0.2, 0.25) is 0 Å². The number of aryl methyl sites for hydroxylation is 1. The smallest absolute Gasteiger partial charge is 0.266 e. The maximum absolute atomic E-state index is 14.1. The van der Waals surface area contributed by atoms with Crippen LogP contribution in [0, 0.1) is 12.3 Å². The van der Waals surface area contributed by atoms with E-state index >= 15 is 0 Å². The maximum Gasteiger partial charge on any atom is 0.266 e. The van der Waals surface area contributed by atoms with Crippen LogP contribution >= 0.6 is 0 Å². The SMILES string of the molecule is CC(=O)N1CC(F)(F)C[C@@]2(CCN(Cc3cccc(C)n3)C2=O)C1. The molecule has 7 heteroatoms.